The summed E-state index contributed by atoms with van der Waals surface area (Å²) in [4.78, 5) is 110. The summed E-state index contributed by atoms with van der Waals surface area (Å²) in [5, 5.41) is 60.7. The number of aliphatic hydroxyl groups is 5. The first kappa shape index (κ1) is 72.3. The molecule has 7 unspecified atom stereocenters. The van der Waals surface area contributed by atoms with E-state index in [0.717, 1.165) is 111 Å². The molecule has 17 N–H and O–H groups in total. The second-order valence-electron chi connectivity index (χ2n) is 24.1. The molecule has 14 rings (SSSR count). The molecule has 2 aliphatic carbocycles. The number of rotatable bonds is 19. The van der Waals surface area contributed by atoms with Gasteiger partial charge >= 0.3 is 0 Å². The highest BCUT2D eigenvalue weighted by Gasteiger charge is 2.41. The topological polar surface area (TPSA) is 461 Å². The van der Waals surface area contributed by atoms with Crippen LogP contribution >= 0.6 is 92.2 Å². The van der Waals surface area contributed by atoms with Crippen molar-refractivity contribution in [2.75, 3.05) is 45.6 Å². The van der Waals surface area contributed by atoms with Crippen LogP contribution in [-0.2, 0) is 30.5 Å². The first-order valence-corrected chi connectivity index (χ1v) is 37.2. The second kappa shape index (κ2) is 30.6. The van der Waals surface area contributed by atoms with Crippen molar-refractivity contribution < 1.29 is 44.7 Å². The number of nitrogens with one attached hydrogen (secondary N) is 6. The van der Waals surface area contributed by atoms with Crippen molar-refractivity contribution in [2.24, 2.45) is 38.1 Å². The van der Waals surface area contributed by atoms with E-state index in [0.29, 0.717) is 75.4 Å². The van der Waals surface area contributed by atoms with Crippen LogP contribution < -0.4 is 58.8 Å². The highest BCUT2D eigenvalue weighted by molar-refractivity contribution is 7.99. The third-order valence-electron chi connectivity index (χ3n) is 16.8. The highest BCUT2D eigenvalue weighted by Crippen LogP contribution is 2.45. The molecule has 0 spiro atoms. The molecule has 3 aliphatic heterocycles. The molecule has 0 radical (unpaired) electrons. The lowest BCUT2D eigenvalue weighted by Gasteiger charge is -2.20. The molecule has 38 heteroatoms. The average molecular weight is 1530 g/mol. The number of fused-ring (bicyclic) bond motifs is 5. The maximum Gasteiger partial charge on any atom is 0.274 e. The Balaban J connectivity index is 0.000000143. The number of anilines is 7. The quantitative estimate of drug-likeness (QED) is 0.0177. The Morgan fingerprint density at radius 2 is 1.29 bits per heavy atom. The van der Waals surface area contributed by atoms with Gasteiger partial charge in [0, 0.05) is 30.5 Å². The number of aromatic nitrogens is 7. The number of benzene rings is 2. The van der Waals surface area contributed by atoms with Crippen molar-refractivity contribution in [3.63, 3.8) is 0 Å². The van der Waals surface area contributed by atoms with Gasteiger partial charge in [-0.3, -0.25) is 71.6 Å². The number of halogens is 2. The Hall–Kier alpha value is -8.50. The number of aliphatic imine (C=N–C) groups is 3. The van der Waals surface area contributed by atoms with Crippen LogP contribution in [-0.4, -0.2) is 156 Å². The Labute approximate surface area is 609 Å². The zero-order valence-corrected chi connectivity index (χ0v) is 60.5. The zero-order chi connectivity index (χ0) is 71.8. The van der Waals surface area contributed by atoms with Gasteiger partial charge in [0.05, 0.1) is 72.9 Å². The zero-order valence-electron chi connectivity index (χ0n) is 54.1. The standard InChI is InChI=1S/2C22H24N6O4S2.C19H19Cl2N7O3S2/c1-10(9-29)25-18(23)17-19(31)27-34-20(17)26-22-24-8-15(33-22)21(32)28-14-5-4-12(11-2-3-11)6-13(14)7-16(28)30;1-10(9-29)25-18(23)17-19(31)27-34-20(17)26-22-24-8-15(33-22)21(32)28-14-6-5-11-3-2-4-12(11)13(14)7-16(28)30;1-7(6-29)23-15(22)12-16(30)27-33-17(12)26-19-24-8(2)13(32-19)18(31)28-4-3-9-10(28)5-11(20)25-14(9)21/h4-6,8,10-11,16,29-30H,2-3,7,9H2,1H3,(H2,23,25)(H,24,26)(H,27,31);5-6,8,10,16,29-30H,2-4,7,9H2,1H3,(H2,23,25)(H,24,26)(H,27,31);3-5,7,12,17,29H,6H2,1-2H3,(H2,22,23)(H,24,26)(H,27,30). The smallest absolute Gasteiger partial charge is 0.274 e. The molecule has 2 aromatic carbocycles. The van der Waals surface area contributed by atoms with Crippen LogP contribution in [0.1, 0.15) is 120 Å². The fourth-order valence-corrected chi connectivity index (χ4v) is 17.3. The molecule has 0 bridgehead atoms. The molecule has 3 amide bonds. The molecule has 9 aromatic rings. The minimum Gasteiger partial charge on any atom is -0.394 e. The van der Waals surface area contributed by atoms with E-state index in [1.54, 1.807) is 46.0 Å². The summed E-state index contributed by atoms with van der Waals surface area (Å²) in [6, 6.07) is 12.0. The van der Waals surface area contributed by atoms with Gasteiger partial charge in [-0.1, -0.05) is 75.4 Å². The van der Waals surface area contributed by atoms with E-state index in [1.165, 1.54) is 56.3 Å². The maximum absolute atomic E-state index is 13.3. The van der Waals surface area contributed by atoms with Crippen LogP contribution in [0.4, 0.5) is 36.8 Å². The lowest BCUT2D eigenvalue weighted by atomic mass is 10.0. The van der Waals surface area contributed by atoms with Crippen LogP contribution in [0.25, 0.3) is 10.9 Å². The number of carbonyl (C=O) groups is 4. The fraction of sp³-hybridized carbons (Fsp3) is 0.349. The third kappa shape index (κ3) is 15.4. The van der Waals surface area contributed by atoms with E-state index in [9.17, 15) is 54.3 Å². The van der Waals surface area contributed by atoms with E-state index >= 15 is 0 Å². The van der Waals surface area contributed by atoms with Gasteiger partial charge in [-0.15, -0.1) is 0 Å². The normalized spacial score (nSPS) is 18.8. The van der Waals surface area contributed by atoms with Gasteiger partial charge in [0.1, 0.15) is 87.3 Å². The Morgan fingerprint density at radius 3 is 1.89 bits per heavy atom. The van der Waals surface area contributed by atoms with Crippen LogP contribution in [0.3, 0.4) is 0 Å². The van der Waals surface area contributed by atoms with Gasteiger partial charge in [-0.25, -0.2) is 19.9 Å². The number of H-pyrrole nitrogens is 2. The van der Waals surface area contributed by atoms with Crippen LogP contribution in [0.2, 0.25) is 10.3 Å². The summed E-state index contributed by atoms with van der Waals surface area (Å²) in [7, 11) is 0. The Kier molecular flexibility index (Phi) is 21.9. The molecular formula is C63H67Cl2N19O11S6. The summed E-state index contributed by atoms with van der Waals surface area (Å²) < 4.78 is 9.34. The number of aliphatic hydroxyl groups excluding tert-OH is 5. The predicted molar refractivity (Wildman–Crippen MR) is 396 cm³/mol. The van der Waals surface area contributed by atoms with Gasteiger partial charge in [0.15, 0.2) is 15.4 Å². The molecule has 7 aromatic heterocycles. The molecule has 10 heterocycles. The monoisotopic (exact) mass is 1530 g/mol. The largest absolute Gasteiger partial charge is 0.394 e. The Morgan fingerprint density at radius 1 is 0.703 bits per heavy atom. The van der Waals surface area contributed by atoms with Gasteiger partial charge < -0.3 is 58.7 Å². The molecule has 530 valence electrons. The predicted octanol–water partition coefficient (Wildman–Crippen LogP) is 6.52. The van der Waals surface area contributed by atoms with Gasteiger partial charge in [0.2, 0.25) is 5.91 Å². The number of hydrogen-bond donors (Lipinski definition) is 14. The van der Waals surface area contributed by atoms with Gasteiger partial charge in [0.25, 0.3) is 28.8 Å². The number of amidine groups is 3. The average Bonchev–Trinajstić information content (AvgIpc) is 1.56. The third-order valence-corrected chi connectivity index (χ3v) is 22.7. The molecule has 101 heavy (non-hydrogen) atoms. The molecule has 1 saturated heterocycles. The summed E-state index contributed by atoms with van der Waals surface area (Å²) in [5.74, 6) is -1.29. The first-order chi connectivity index (χ1) is 48.4. The van der Waals surface area contributed by atoms with Crippen LogP contribution in [0, 0.1) is 12.8 Å². The van der Waals surface area contributed by atoms with E-state index in [-0.39, 0.29) is 82.4 Å². The van der Waals surface area contributed by atoms with Crippen molar-refractivity contribution in [2.45, 2.75) is 115 Å². The number of aromatic amines is 2. The SMILES string of the molecule is CC(CO)N=C(N)c1c(Nc2ncc(C(=O)N3c4ccc(C5CC5)cc4CC3O)s2)s[nH]c1=O.CC(CO)N=C(N)c1c(Nc2ncc(C(=O)N3c4ccc5c(c4CC3O)CCC5)s2)s[nH]c1=O.Cc1nc(NC2SNC(=O)C2C(N)=NC(C)CO)sc1C(=O)n1ccc2c(Cl)nc(Cl)cc21. The molecular weight excluding hydrogens is 1460 g/mol. The minimum absolute atomic E-state index is 0.00164. The van der Waals surface area contributed by atoms with E-state index in [1.807, 2.05) is 18.2 Å². The van der Waals surface area contributed by atoms with Crippen LogP contribution in [0.5, 0.6) is 0 Å². The number of amides is 3. The number of thiazole rings is 3. The van der Waals surface area contributed by atoms with Crippen LogP contribution in [0.15, 0.2) is 85.6 Å². The summed E-state index contributed by atoms with van der Waals surface area (Å²) in [6.07, 6.45) is 8.98. The van der Waals surface area contributed by atoms with E-state index in [4.69, 9.17) is 40.4 Å². The van der Waals surface area contributed by atoms with Gasteiger partial charge in [-0.05, 0) is 147 Å². The molecule has 7 atom stereocenters. The van der Waals surface area contributed by atoms with E-state index in [2.05, 4.69) is 76.5 Å². The van der Waals surface area contributed by atoms with Crippen molar-refractivity contribution in [1.29, 1.82) is 0 Å². The number of carbonyl (C=O) groups excluding carboxylic acids is 4. The number of nitrogens with two attached hydrogens (primary N) is 3. The molecule has 2 fully saturated rings. The molecule has 1 saturated carbocycles. The number of nitrogens with zero attached hydrogens (tertiary/aromatic N) is 10. The fourth-order valence-electron chi connectivity index (χ4n) is 11.8. The lowest BCUT2D eigenvalue weighted by molar-refractivity contribution is -0.120. The summed E-state index contributed by atoms with van der Waals surface area (Å²) in [5.41, 5.74) is 25.9. The summed E-state index contributed by atoms with van der Waals surface area (Å²) >= 11 is 18.8. The second-order valence-corrected chi connectivity index (χ2v) is 30.5. The number of aryl methyl sites for hydroxylation is 2. The number of hydrogen-bond acceptors (Lipinski definition) is 27. The maximum atomic E-state index is 13.3. The van der Waals surface area contributed by atoms with Crippen molar-refractivity contribution >= 4 is 181 Å². The lowest BCUT2D eigenvalue weighted by Crippen LogP contribution is -2.39. The van der Waals surface area contributed by atoms with E-state index < -0.39 is 53.0 Å². The van der Waals surface area contributed by atoms with Crippen molar-refractivity contribution in [1.82, 2.24) is 38.0 Å². The molecule has 5 aliphatic rings. The summed E-state index contributed by atoms with van der Waals surface area (Å²) in [6.45, 7) is 6.20. The molecule has 30 nitrogen and oxygen atoms in total. The van der Waals surface area contributed by atoms with Crippen molar-refractivity contribution in [3.8, 4) is 0 Å². The first-order valence-electron chi connectivity index (χ1n) is 31.5. The number of pyridine rings is 1. The highest BCUT2D eigenvalue weighted by atomic mass is 35.5. The van der Waals surface area contributed by atoms with Gasteiger partial charge in [-0.2, -0.15) is 0 Å². The minimum atomic E-state index is -0.929. The van der Waals surface area contributed by atoms with Crippen molar-refractivity contribution in [3.05, 3.63) is 151 Å². The Bertz CT molecular complexity index is 4900.